The van der Waals surface area contributed by atoms with Gasteiger partial charge in [-0.25, -0.2) is 4.98 Å². The number of rotatable bonds is 3. The molecule has 1 heterocycles. The van der Waals surface area contributed by atoms with Crippen molar-refractivity contribution in [2.24, 2.45) is 5.73 Å². The lowest BCUT2D eigenvalue weighted by atomic mass is 10.5. The molecule has 0 aliphatic rings. The highest BCUT2D eigenvalue weighted by Gasteiger charge is 2.05. The number of aromatic nitrogens is 2. The zero-order chi connectivity index (χ0) is 8.27. The fourth-order valence-electron chi connectivity index (χ4n) is 0.821. The van der Waals surface area contributed by atoms with Crippen LogP contribution in [0.3, 0.4) is 0 Å². The molecule has 1 rings (SSSR count). The number of amides is 1. The molecule has 1 aromatic heterocycles. The Bertz CT molecular complexity index is 277. The largest absolute Gasteiger partial charge is 0.363 e. The van der Waals surface area contributed by atoms with Gasteiger partial charge in [-0.3, -0.25) is 4.79 Å². The molecular formula is C7H9N3O. The minimum absolute atomic E-state index is 0.268. The van der Waals surface area contributed by atoms with Crippen LogP contribution >= 0.6 is 0 Å². The van der Waals surface area contributed by atoms with Crippen LogP contribution in [-0.4, -0.2) is 15.5 Å². The first-order valence-electron chi connectivity index (χ1n) is 3.17. The molecule has 0 bridgehead atoms. The van der Waals surface area contributed by atoms with Crippen molar-refractivity contribution in [3.8, 4) is 0 Å². The van der Waals surface area contributed by atoms with E-state index in [0.717, 1.165) is 0 Å². The Morgan fingerprint density at radius 3 is 3.18 bits per heavy atom. The average Bonchev–Trinajstić information content (AvgIpc) is 2.36. The molecule has 1 aromatic rings. The number of carbonyl (C=O) groups is 1. The van der Waals surface area contributed by atoms with Crippen molar-refractivity contribution in [1.82, 2.24) is 9.55 Å². The third-order valence-electron chi connectivity index (χ3n) is 1.26. The van der Waals surface area contributed by atoms with Gasteiger partial charge in [-0.1, -0.05) is 6.08 Å². The van der Waals surface area contributed by atoms with E-state index in [0.29, 0.717) is 6.54 Å². The second-order valence-corrected chi connectivity index (χ2v) is 2.06. The number of nitrogens with zero attached hydrogens (tertiary/aromatic N) is 2. The van der Waals surface area contributed by atoms with E-state index < -0.39 is 5.91 Å². The number of carbonyl (C=O) groups excluding carboxylic acids is 1. The second-order valence-electron chi connectivity index (χ2n) is 2.06. The van der Waals surface area contributed by atoms with Crippen molar-refractivity contribution in [1.29, 1.82) is 0 Å². The van der Waals surface area contributed by atoms with Crippen LogP contribution in [0.5, 0.6) is 0 Å². The summed E-state index contributed by atoms with van der Waals surface area (Å²) in [5.74, 6) is -0.248. The smallest absolute Gasteiger partial charge is 0.284 e. The van der Waals surface area contributed by atoms with Gasteiger partial charge in [0.05, 0.1) is 0 Å². The predicted octanol–water partition coefficient (Wildman–Crippen LogP) is 0.168. The molecule has 2 N–H and O–H groups in total. The quantitative estimate of drug-likeness (QED) is 0.626. The Hall–Kier alpha value is -1.58. The molecule has 0 saturated carbocycles. The zero-order valence-electron chi connectivity index (χ0n) is 6.03. The lowest BCUT2D eigenvalue weighted by Crippen LogP contribution is -2.17. The van der Waals surface area contributed by atoms with Crippen molar-refractivity contribution in [2.75, 3.05) is 0 Å². The second kappa shape index (κ2) is 3.01. The molecule has 0 saturated heterocycles. The number of primary amides is 1. The van der Waals surface area contributed by atoms with Gasteiger partial charge in [-0.2, -0.15) is 0 Å². The first-order valence-corrected chi connectivity index (χ1v) is 3.17. The maximum atomic E-state index is 10.7. The number of imidazole rings is 1. The molecule has 0 aliphatic heterocycles. The number of nitrogens with two attached hydrogens (primary N) is 1. The highest BCUT2D eigenvalue weighted by atomic mass is 16.1. The van der Waals surface area contributed by atoms with Crippen LogP contribution in [0.2, 0.25) is 0 Å². The van der Waals surface area contributed by atoms with Crippen molar-refractivity contribution < 1.29 is 4.79 Å². The minimum atomic E-state index is -0.517. The zero-order valence-corrected chi connectivity index (χ0v) is 6.03. The molecule has 58 valence electrons. The third-order valence-corrected chi connectivity index (χ3v) is 1.26. The normalized spacial score (nSPS) is 9.45. The molecule has 4 nitrogen and oxygen atoms in total. The molecule has 0 fully saturated rings. The predicted molar refractivity (Wildman–Crippen MR) is 40.9 cm³/mol. The summed E-state index contributed by atoms with van der Waals surface area (Å²) in [6.45, 7) is 4.09. The maximum Gasteiger partial charge on any atom is 0.284 e. The van der Waals surface area contributed by atoms with E-state index in [1.54, 1.807) is 16.8 Å². The summed E-state index contributed by atoms with van der Waals surface area (Å²) in [6.07, 6.45) is 4.89. The Kier molecular flexibility index (Phi) is 2.06. The van der Waals surface area contributed by atoms with E-state index in [9.17, 15) is 4.79 Å². The van der Waals surface area contributed by atoms with Crippen LogP contribution in [0.15, 0.2) is 25.0 Å². The highest BCUT2D eigenvalue weighted by molar-refractivity contribution is 5.89. The summed E-state index contributed by atoms with van der Waals surface area (Å²) in [4.78, 5) is 14.4. The summed E-state index contributed by atoms with van der Waals surface area (Å²) in [5.41, 5.74) is 5.03. The minimum Gasteiger partial charge on any atom is -0.363 e. The number of hydrogen-bond donors (Lipinski definition) is 1. The summed E-state index contributed by atoms with van der Waals surface area (Å²) in [5, 5.41) is 0. The van der Waals surface area contributed by atoms with Gasteiger partial charge in [0.15, 0.2) is 5.82 Å². The monoisotopic (exact) mass is 151 g/mol. The molecule has 0 unspecified atom stereocenters. The Labute approximate surface area is 64.3 Å². The van der Waals surface area contributed by atoms with E-state index in [2.05, 4.69) is 11.6 Å². The van der Waals surface area contributed by atoms with Gasteiger partial charge in [-0.15, -0.1) is 6.58 Å². The van der Waals surface area contributed by atoms with Crippen molar-refractivity contribution >= 4 is 5.91 Å². The molecule has 0 aliphatic carbocycles. The summed E-state index contributed by atoms with van der Waals surface area (Å²) in [7, 11) is 0. The van der Waals surface area contributed by atoms with Crippen molar-refractivity contribution in [3.05, 3.63) is 30.9 Å². The van der Waals surface area contributed by atoms with Gasteiger partial charge in [-0.05, 0) is 0 Å². The van der Waals surface area contributed by atoms with E-state index in [4.69, 9.17) is 5.73 Å². The van der Waals surface area contributed by atoms with Gasteiger partial charge >= 0.3 is 0 Å². The first-order chi connectivity index (χ1) is 5.25. The molecule has 1 amide bonds. The summed E-state index contributed by atoms with van der Waals surface area (Å²) < 4.78 is 1.63. The number of allylic oxidation sites excluding steroid dienone is 1. The van der Waals surface area contributed by atoms with Crippen LogP contribution in [0.1, 0.15) is 10.6 Å². The SMILES string of the molecule is C=CCn1ccnc1C(N)=O. The van der Waals surface area contributed by atoms with Gasteiger partial charge in [0, 0.05) is 18.9 Å². The maximum absolute atomic E-state index is 10.7. The molecule has 4 heteroatoms. The topological polar surface area (TPSA) is 60.9 Å². The van der Waals surface area contributed by atoms with Crippen LogP contribution in [0.4, 0.5) is 0 Å². The third kappa shape index (κ3) is 1.46. The molecule has 0 atom stereocenters. The van der Waals surface area contributed by atoms with Crippen LogP contribution in [-0.2, 0) is 6.54 Å². The molecule has 0 aromatic carbocycles. The fourth-order valence-corrected chi connectivity index (χ4v) is 0.821. The first kappa shape index (κ1) is 7.53. The summed E-state index contributed by atoms with van der Waals surface area (Å²) in [6, 6.07) is 0. The number of hydrogen-bond acceptors (Lipinski definition) is 2. The Balaban J connectivity index is 2.95. The molecule has 0 spiro atoms. The standard InChI is InChI=1S/C7H9N3O/c1-2-4-10-5-3-9-7(10)6(8)11/h2-3,5H,1,4H2,(H2,8,11). The van der Waals surface area contributed by atoms with E-state index >= 15 is 0 Å². The summed E-state index contributed by atoms with van der Waals surface area (Å²) >= 11 is 0. The van der Waals surface area contributed by atoms with Gasteiger partial charge in [0.25, 0.3) is 5.91 Å². The van der Waals surface area contributed by atoms with Gasteiger partial charge in [0.1, 0.15) is 0 Å². The van der Waals surface area contributed by atoms with Crippen LogP contribution < -0.4 is 5.73 Å². The molecular weight excluding hydrogens is 142 g/mol. The van der Waals surface area contributed by atoms with E-state index in [-0.39, 0.29) is 5.82 Å². The molecule has 0 radical (unpaired) electrons. The van der Waals surface area contributed by atoms with E-state index in [1.165, 1.54) is 6.20 Å². The van der Waals surface area contributed by atoms with Crippen molar-refractivity contribution in [2.45, 2.75) is 6.54 Å². The van der Waals surface area contributed by atoms with Crippen molar-refractivity contribution in [3.63, 3.8) is 0 Å². The Morgan fingerprint density at radius 2 is 2.64 bits per heavy atom. The van der Waals surface area contributed by atoms with Crippen LogP contribution in [0, 0.1) is 0 Å². The Morgan fingerprint density at radius 1 is 1.91 bits per heavy atom. The molecule has 11 heavy (non-hydrogen) atoms. The van der Waals surface area contributed by atoms with Gasteiger partial charge < -0.3 is 10.3 Å². The lowest BCUT2D eigenvalue weighted by Gasteiger charge is -1.98. The highest BCUT2D eigenvalue weighted by Crippen LogP contribution is 1.95. The van der Waals surface area contributed by atoms with Crippen LogP contribution in [0.25, 0.3) is 0 Å². The lowest BCUT2D eigenvalue weighted by molar-refractivity contribution is 0.0987. The van der Waals surface area contributed by atoms with Gasteiger partial charge in [0.2, 0.25) is 0 Å². The average molecular weight is 151 g/mol. The van der Waals surface area contributed by atoms with E-state index in [1.807, 2.05) is 0 Å². The fraction of sp³-hybridized carbons (Fsp3) is 0.143.